The Hall–Kier alpha value is -4.95. The van der Waals surface area contributed by atoms with Crippen molar-refractivity contribution in [2.75, 3.05) is 34.4 Å². The van der Waals surface area contributed by atoms with Crippen LogP contribution in [-0.4, -0.2) is 103 Å². The van der Waals surface area contributed by atoms with Gasteiger partial charge in [0.05, 0.1) is 37.6 Å². The van der Waals surface area contributed by atoms with E-state index in [0.29, 0.717) is 25.8 Å². The van der Waals surface area contributed by atoms with Gasteiger partial charge in [-0.1, -0.05) is 113 Å². The Morgan fingerprint density at radius 2 is 1.56 bits per heavy atom. The maximum Gasteiger partial charge on any atom is 0.516 e. The van der Waals surface area contributed by atoms with Gasteiger partial charge >= 0.3 is 6.09 Å². The molecule has 1 saturated heterocycles. The molecule has 338 valence electrons. The average Bonchev–Trinajstić information content (AvgIpc) is 4.06. The SMILES string of the molecule is CC[C@H](C)[C@@H]([C@@H](CC(=O)N1CCCC1[C@H](OC)[C@H](C)C(=O)N[C@@H](Cc1ccccc1)c1nccs1)OC)[N+](C)(C(=O)OCC1c2ccccc2-c2ccccc21)[C@H](C(N)=O)C(C)C. The van der Waals surface area contributed by atoms with Gasteiger partial charge in [0, 0.05) is 50.1 Å². The molecule has 12 nitrogen and oxygen atoms in total. The molecule has 1 aromatic heterocycles. The molecule has 1 aliphatic heterocycles. The summed E-state index contributed by atoms with van der Waals surface area (Å²) >= 11 is 1.49. The highest BCUT2D eigenvalue weighted by Crippen LogP contribution is 2.45. The summed E-state index contributed by atoms with van der Waals surface area (Å²) in [5, 5.41) is 5.95. The molecule has 2 heterocycles. The minimum Gasteiger partial charge on any atom is -0.419 e. The Morgan fingerprint density at radius 3 is 2.11 bits per heavy atom. The van der Waals surface area contributed by atoms with Gasteiger partial charge in [-0.3, -0.25) is 14.4 Å². The van der Waals surface area contributed by atoms with E-state index in [2.05, 4.69) is 34.6 Å². The Bertz CT molecular complexity index is 2120. The second kappa shape index (κ2) is 21.2. The number of primary amides is 1. The monoisotopic (exact) mass is 880 g/mol. The second-order valence-electron chi connectivity index (χ2n) is 17.8. The van der Waals surface area contributed by atoms with Gasteiger partial charge in [-0.2, -0.15) is 4.79 Å². The lowest BCUT2D eigenvalue weighted by atomic mass is 9.85. The predicted molar refractivity (Wildman–Crippen MR) is 246 cm³/mol. The molecule has 0 radical (unpaired) electrons. The van der Waals surface area contributed by atoms with Gasteiger partial charge in [0.2, 0.25) is 11.8 Å². The van der Waals surface area contributed by atoms with E-state index in [1.807, 2.05) is 99.5 Å². The number of carbonyl (C=O) groups is 4. The third-order valence-electron chi connectivity index (χ3n) is 13.7. The van der Waals surface area contributed by atoms with E-state index in [1.54, 1.807) is 27.5 Å². The fourth-order valence-electron chi connectivity index (χ4n) is 10.5. The molecule has 3 N–H and O–H groups in total. The van der Waals surface area contributed by atoms with Crippen molar-refractivity contribution in [1.82, 2.24) is 15.2 Å². The van der Waals surface area contributed by atoms with Crippen LogP contribution in [0.15, 0.2) is 90.4 Å². The number of hydrogen-bond acceptors (Lipinski definition) is 9. The first-order chi connectivity index (χ1) is 30.3. The Morgan fingerprint density at radius 1 is 0.921 bits per heavy atom. The van der Waals surface area contributed by atoms with Gasteiger partial charge < -0.3 is 30.2 Å². The number of amides is 4. The standard InChI is InChI=1S/C50H65N5O7S/c1-9-32(4)45(55(6,44(31(2)3)47(51)57)50(59)62-30-39-37-22-15-13-20-35(37)36-21-14-16-23-38(36)39)42(60-7)29-43(56)54-26-17-24-41(54)46(61-8)33(5)48(58)53-40(49-52-25-27-63-49)28-34-18-11-10-12-19-34/h10-16,18-23,25,27,31-33,39-42,44-46H,9,17,24,26,28-30H2,1-8H3,(H2-,51,53,57,58)/p+1/t32-,33-,40-,41?,42+,44-,45-,46+,55?/m0/s1. The van der Waals surface area contributed by atoms with Crippen LogP contribution in [0.4, 0.5) is 4.79 Å². The number of fused-ring (bicyclic) bond motifs is 3. The lowest BCUT2D eigenvalue weighted by molar-refractivity contribution is -0.890. The molecule has 13 heteroatoms. The van der Waals surface area contributed by atoms with Crippen molar-refractivity contribution >= 4 is 35.2 Å². The Kier molecular flexibility index (Phi) is 16.0. The fourth-order valence-corrected chi connectivity index (χ4v) is 11.2. The van der Waals surface area contributed by atoms with Crippen molar-refractivity contribution in [3.63, 3.8) is 0 Å². The number of quaternary nitrogens is 1. The summed E-state index contributed by atoms with van der Waals surface area (Å²) in [6.45, 7) is 10.2. The number of carbonyl (C=O) groups excluding carboxylic acids is 4. The van der Waals surface area contributed by atoms with Gasteiger partial charge in [0.25, 0.3) is 5.91 Å². The molecule has 0 bridgehead atoms. The molecule has 0 spiro atoms. The van der Waals surface area contributed by atoms with Crippen molar-refractivity contribution in [3.8, 4) is 11.1 Å². The summed E-state index contributed by atoms with van der Waals surface area (Å²) in [4.78, 5) is 63.7. The number of likely N-dealkylation sites (N-methyl/N-ethyl adjacent to an activating group) is 1. The molecule has 3 aromatic carbocycles. The van der Waals surface area contributed by atoms with Crippen LogP contribution in [0, 0.1) is 17.8 Å². The maximum absolute atomic E-state index is 15.0. The minimum absolute atomic E-state index is 0.0601. The van der Waals surface area contributed by atoms with Gasteiger partial charge in [0.1, 0.15) is 23.8 Å². The molecule has 63 heavy (non-hydrogen) atoms. The van der Waals surface area contributed by atoms with Crippen LogP contribution in [0.1, 0.15) is 94.0 Å². The largest absolute Gasteiger partial charge is 0.516 e. The summed E-state index contributed by atoms with van der Waals surface area (Å²) in [7, 11) is 4.85. The van der Waals surface area contributed by atoms with Crippen LogP contribution in [0.3, 0.4) is 0 Å². The normalized spacial score (nSPS) is 19.2. The Labute approximate surface area is 377 Å². The van der Waals surface area contributed by atoms with Gasteiger partial charge in [-0.25, -0.2) is 9.47 Å². The summed E-state index contributed by atoms with van der Waals surface area (Å²) in [6.07, 6.45) is 2.25. The number of nitrogens with one attached hydrogen (secondary N) is 1. The first kappa shape index (κ1) is 47.5. The number of aromatic nitrogens is 1. The lowest BCUT2D eigenvalue weighted by Crippen LogP contribution is -2.72. The summed E-state index contributed by atoms with van der Waals surface area (Å²) < 4.78 is 18.2. The zero-order valence-corrected chi connectivity index (χ0v) is 38.9. The number of thiazole rings is 1. The number of benzene rings is 3. The van der Waals surface area contributed by atoms with Crippen molar-refractivity contribution in [2.45, 2.75) is 109 Å². The van der Waals surface area contributed by atoms with E-state index < -0.39 is 46.7 Å². The van der Waals surface area contributed by atoms with E-state index in [4.69, 9.17) is 19.9 Å². The number of rotatable bonds is 20. The van der Waals surface area contributed by atoms with Crippen molar-refractivity contribution in [3.05, 3.63) is 112 Å². The van der Waals surface area contributed by atoms with Gasteiger partial charge in [0.15, 0.2) is 6.04 Å². The smallest absolute Gasteiger partial charge is 0.419 e. The second-order valence-corrected chi connectivity index (χ2v) is 18.7. The number of hydrogen-bond donors (Lipinski definition) is 2. The van der Waals surface area contributed by atoms with E-state index in [-0.39, 0.29) is 54.7 Å². The van der Waals surface area contributed by atoms with Gasteiger partial charge in [-0.05, 0) is 53.5 Å². The molecule has 1 aliphatic carbocycles. The first-order valence-corrected chi connectivity index (χ1v) is 23.2. The van der Waals surface area contributed by atoms with E-state index >= 15 is 4.79 Å². The van der Waals surface area contributed by atoms with Crippen LogP contribution >= 0.6 is 11.3 Å². The highest BCUT2D eigenvalue weighted by atomic mass is 32.1. The van der Waals surface area contributed by atoms with Crippen LogP contribution < -0.4 is 11.1 Å². The molecule has 2 unspecified atom stereocenters. The van der Waals surface area contributed by atoms with Crippen LogP contribution in [-0.2, 0) is 35.0 Å². The molecule has 4 amide bonds. The number of nitrogens with zero attached hydrogens (tertiary/aromatic N) is 3. The van der Waals surface area contributed by atoms with E-state index in [1.165, 1.54) is 11.3 Å². The third kappa shape index (κ3) is 10.1. The lowest BCUT2D eigenvalue weighted by Gasteiger charge is -2.48. The number of likely N-dealkylation sites (tertiary alicyclic amines) is 1. The van der Waals surface area contributed by atoms with E-state index in [0.717, 1.165) is 39.2 Å². The van der Waals surface area contributed by atoms with E-state index in [9.17, 15) is 14.4 Å². The minimum atomic E-state index is -0.987. The van der Waals surface area contributed by atoms with Gasteiger partial charge in [-0.15, -0.1) is 11.3 Å². The molecule has 2 aliphatic rings. The first-order valence-electron chi connectivity index (χ1n) is 22.4. The number of nitrogens with two attached hydrogens (primary N) is 1. The highest BCUT2D eigenvalue weighted by molar-refractivity contribution is 7.09. The molecular weight excluding hydrogens is 815 g/mol. The highest BCUT2D eigenvalue weighted by Gasteiger charge is 2.57. The fraction of sp³-hybridized carbons (Fsp3) is 0.500. The molecule has 6 rings (SSSR count). The molecule has 1 fully saturated rings. The third-order valence-corrected chi connectivity index (χ3v) is 14.6. The Balaban J connectivity index is 1.24. The summed E-state index contributed by atoms with van der Waals surface area (Å²) in [6, 6.07) is 23.9. The van der Waals surface area contributed by atoms with Crippen LogP contribution in [0.2, 0.25) is 0 Å². The number of methoxy groups -OCH3 is 2. The van der Waals surface area contributed by atoms with Crippen molar-refractivity contribution < 1.29 is 37.9 Å². The summed E-state index contributed by atoms with van der Waals surface area (Å²) in [5.74, 6) is -2.37. The zero-order valence-electron chi connectivity index (χ0n) is 38.1. The quantitative estimate of drug-likeness (QED) is 0.0851. The van der Waals surface area contributed by atoms with Crippen molar-refractivity contribution in [2.24, 2.45) is 23.5 Å². The molecule has 0 saturated carbocycles. The van der Waals surface area contributed by atoms with Crippen LogP contribution in [0.25, 0.3) is 11.1 Å². The predicted octanol–water partition coefficient (Wildman–Crippen LogP) is 7.91. The average molecular weight is 881 g/mol. The molecular formula is C50H66N5O7S+. The number of ether oxygens (including phenoxy) is 3. The molecule has 9 atom stereocenters. The van der Waals surface area contributed by atoms with Crippen LogP contribution in [0.5, 0.6) is 0 Å². The molecule has 4 aromatic rings. The zero-order chi connectivity index (χ0) is 45.4. The maximum atomic E-state index is 15.0. The van der Waals surface area contributed by atoms with Crippen molar-refractivity contribution in [1.29, 1.82) is 0 Å². The summed E-state index contributed by atoms with van der Waals surface area (Å²) in [5.41, 5.74) is 11.6. The topological polar surface area (TPSA) is 150 Å².